The van der Waals surface area contributed by atoms with Crippen molar-refractivity contribution in [2.75, 3.05) is 0 Å². The smallest absolute Gasteiger partial charge is 0.00980 e. The van der Waals surface area contributed by atoms with E-state index in [1.54, 1.807) is 0 Å². The highest BCUT2D eigenvalue weighted by Crippen LogP contribution is 2.34. The molecule has 0 aromatic carbocycles. The van der Waals surface area contributed by atoms with Crippen LogP contribution in [-0.2, 0) is 0 Å². The van der Waals surface area contributed by atoms with Gasteiger partial charge in [0, 0.05) is 12.1 Å². The van der Waals surface area contributed by atoms with Crippen LogP contribution in [0.25, 0.3) is 0 Å². The fourth-order valence-electron chi connectivity index (χ4n) is 2.91. The molecule has 0 aromatic rings. The van der Waals surface area contributed by atoms with Crippen molar-refractivity contribution in [3.05, 3.63) is 0 Å². The van der Waals surface area contributed by atoms with E-state index in [0.717, 1.165) is 23.8 Å². The molecule has 1 heteroatoms. The Morgan fingerprint density at radius 1 is 1.20 bits per heavy atom. The van der Waals surface area contributed by atoms with Gasteiger partial charge in [-0.05, 0) is 37.5 Å². The first-order chi connectivity index (χ1) is 7.10. The van der Waals surface area contributed by atoms with E-state index in [2.05, 4.69) is 39.9 Å². The van der Waals surface area contributed by atoms with E-state index in [9.17, 15) is 0 Å². The van der Waals surface area contributed by atoms with Crippen LogP contribution in [0.4, 0.5) is 0 Å². The summed E-state index contributed by atoms with van der Waals surface area (Å²) in [5.74, 6) is 2.64. The lowest BCUT2D eigenvalue weighted by molar-refractivity contribution is 0.289. The van der Waals surface area contributed by atoms with Crippen LogP contribution < -0.4 is 5.32 Å². The summed E-state index contributed by atoms with van der Waals surface area (Å²) in [4.78, 5) is 0. The maximum absolute atomic E-state index is 3.84. The van der Waals surface area contributed by atoms with Gasteiger partial charge in [0.05, 0.1) is 0 Å². The second-order valence-electron chi connectivity index (χ2n) is 5.55. The Bertz CT molecular complexity index is 178. The zero-order chi connectivity index (χ0) is 11.4. The Balaban J connectivity index is 2.39. The summed E-state index contributed by atoms with van der Waals surface area (Å²) in [6, 6.07) is 1.46. The SMILES string of the molecule is CCC(C)C(C)NC1CCC(CC)C1C. The van der Waals surface area contributed by atoms with E-state index in [4.69, 9.17) is 0 Å². The van der Waals surface area contributed by atoms with E-state index in [-0.39, 0.29) is 0 Å². The highest BCUT2D eigenvalue weighted by Gasteiger charge is 2.32. The molecule has 1 N–H and O–H groups in total. The summed E-state index contributed by atoms with van der Waals surface area (Å²) >= 11 is 0. The zero-order valence-corrected chi connectivity index (χ0v) is 11.2. The minimum absolute atomic E-state index is 0.679. The molecule has 1 saturated carbocycles. The van der Waals surface area contributed by atoms with Crippen LogP contribution in [0, 0.1) is 17.8 Å². The van der Waals surface area contributed by atoms with Crippen molar-refractivity contribution in [1.29, 1.82) is 0 Å². The largest absolute Gasteiger partial charge is 0.311 e. The molecule has 15 heavy (non-hydrogen) atoms. The van der Waals surface area contributed by atoms with Crippen molar-refractivity contribution in [3.8, 4) is 0 Å². The predicted octanol–water partition coefficient (Wildman–Crippen LogP) is 3.84. The van der Waals surface area contributed by atoms with Gasteiger partial charge in [-0.25, -0.2) is 0 Å². The molecule has 0 amide bonds. The molecule has 0 saturated heterocycles. The second-order valence-corrected chi connectivity index (χ2v) is 5.55. The van der Waals surface area contributed by atoms with Gasteiger partial charge >= 0.3 is 0 Å². The molecule has 1 fully saturated rings. The Kier molecular flexibility index (Phi) is 5.11. The Labute approximate surface area is 96.0 Å². The molecule has 1 rings (SSSR count). The van der Waals surface area contributed by atoms with E-state index < -0.39 is 0 Å². The van der Waals surface area contributed by atoms with Crippen LogP contribution in [0.3, 0.4) is 0 Å². The fraction of sp³-hybridized carbons (Fsp3) is 1.00. The Hall–Kier alpha value is -0.0400. The summed E-state index contributed by atoms with van der Waals surface area (Å²) in [6.07, 6.45) is 5.46. The van der Waals surface area contributed by atoms with Crippen LogP contribution in [-0.4, -0.2) is 12.1 Å². The van der Waals surface area contributed by atoms with Gasteiger partial charge in [-0.3, -0.25) is 0 Å². The molecule has 0 aromatic heterocycles. The lowest BCUT2D eigenvalue weighted by Crippen LogP contribution is -2.42. The third-order valence-corrected chi connectivity index (χ3v) is 4.73. The predicted molar refractivity (Wildman–Crippen MR) is 68.0 cm³/mol. The van der Waals surface area contributed by atoms with Gasteiger partial charge in [0.2, 0.25) is 0 Å². The van der Waals surface area contributed by atoms with E-state index in [1.807, 2.05) is 0 Å². The maximum atomic E-state index is 3.84. The number of nitrogens with one attached hydrogen (secondary N) is 1. The fourth-order valence-corrected chi connectivity index (χ4v) is 2.91. The lowest BCUT2D eigenvalue weighted by atomic mass is 9.92. The molecular weight excluding hydrogens is 182 g/mol. The molecule has 0 aliphatic heterocycles. The van der Waals surface area contributed by atoms with Gasteiger partial charge in [0.15, 0.2) is 0 Å². The Morgan fingerprint density at radius 2 is 1.87 bits per heavy atom. The van der Waals surface area contributed by atoms with E-state index in [0.29, 0.717) is 6.04 Å². The topological polar surface area (TPSA) is 12.0 Å². The molecule has 1 nitrogen and oxygen atoms in total. The standard InChI is InChI=1S/C14H29N/c1-6-10(3)12(5)15-14-9-8-13(7-2)11(14)4/h10-15H,6-9H2,1-5H3. The minimum Gasteiger partial charge on any atom is -0.311 e. The third-order valence-electron chi connectivity index (χ3n) is 4.73. The first-order valence-electron chi connectivity index (χ1n) is 6.86. The van der Waals surface area contributed by atoms with Crippen LogP contribution >= 0.6 is 0 Å². The summed E-state index contributed by atoms with van der Waals surface area (Å²) < 4.78 is 0. The molecule has 5 unspecified atom stereocenters. The normalized spacial score (nSPS) is 35.4. The summed E-state index contributed by atoms with van der Waals surface area (Å²) in [5, 5.41) is 3.84. The molecule has 0 radical (unpaired) electrons. The lowest BCUT2D eigenvalue weighted by Gasteiger charge is -2.28. The number of rotatable bonds is 5. The van der Waals surface area contributed by atoms with Gasteiger partial charge in [-0.2, -0.15) is 0 Å². The first-order valence-corrected chi connectivity index (χ1v) is 6.86. The van der Waals surface area contributed by atoms with Crippen molar-refractivity contribution in [2.45, 2.75) is 72.4 Å². The van der Waals surface area contributed by atoms with Gasteiger partial charge < -0.3 is 5.32 Å². The van der Waals surface area contributed by atoms with Gasteiger partial charge in [-0.15, -0.1) is 0 Å². The van der Waals surface area contributed by atoms with Crippen molar-refractivity contribution in [1.82, 2.24) is 5.32 Å². The van der Waals surface area contributed by atoms with Crippen LogP contribution in [0.5, 0.6) is 0 Å². The molecule has 5 atom stereocenters. The van der Waals surface area contributed by atoms with Crippen LogP contribution in [0.15, 0.2) is 0 Å². The molecular formula is C14H29N. The molecule has 90 valence electrons. The molecule has 1 aliphatic carbocycles. The molecule has 0 bridgehead atoms. The summed E-state index contributed by atoms with van der Waals surface area (Å²) in [7, 11) is 0. The van der Waals surface area contributed by atoms with Gasteiger partial charge in [0.1, 0.15) is 0 Å². The van der Waals surface area contributed by atoms with Gasteiger partial charge in [-0.1, -0.05) is 40.5 Å². The van der Waals surface area contributed by atoms with Crippen molar-refractivity contribution in [3.63, 3.8) is 0 Å². The highest BCUT2D eigenvalue weighted by molar-refractivity contribution is 4.88. The Morgan fingerprint density at radius 3 is 2.33 bits per heavy atom. The molecule has 0 heterocycles. The second kappa shape index (κ2) is 5.89. The highest BCUT2D eigenvalue weighted by atomic mass is 15.0. The molecule has 0 spiro atoms. The molecule has 1 aliphatic rings. The van der Waals surface area contributed by atoms with Crippen LogP contribution in [0.2, 0.25) is 0 Å². The third kappa shape index (κ3) is 3.21. The first kappa shape index (κ1) is 13.0. The number of hydrogen-bond acceptors (Lipinski definition) is 1. The number of hydrogen-bond donors (Lipinski definition) is 1. The monoisotopic (exact) mass is 211 g/mol. The van der Waals surface area contributed by atoms with E-state index in [1.165, 1.54) is 25.7 Å². The quantitative estimate of drug-likeness (QED) is 0.728. The summed E-state index contributed by atoms with van der Waals surface area (Å²) in [6.45, 7) is 11.8. The van der Waals surface area contributed by atoms with Crippen molar-refractivity contribution >= 4 is 0 Å². The van der Waals surface area contributed by atoms with E-state index >= 15 is 0 Å². The maximum Gasteiger partial charge on any atom is 0.00980 e. The summed E-state index contributed by atoms with van der Waals surface area (Å²) in [5.41, 5.74) is 0. The van der Waals surface area contributed by atoms with Crippen LogP contribution in [0.1, 0.15) is 60.3 Å². The zero-order valence-electron chi connectivity index (χ0n) is 11.2. The average Bonchev–Trinajstić information content (AvgIpc) is 2.58. The average molecular weight is 211 g/mol. The van der Waals surface area contributed by atoms with Crippen molar-refractivity contribution < 1.29 is 0 Å². The van der Waals surface area contributed by atoms with Gasteiger partial charge in [0.25, 0.3) is 0 Å². The minimum atomic E-state index is 0.679. The van der Waals surface area contributed by atoms with Crippen molar-refractivity contribution in [2.24, 2.45) is 17.8 Å².